The number of carbonyl (C=O) groups excluding carboxylic acids is 1. The van der Waals surface area contributed by atoms with E-state index in [2.05, 4.69) is 27.7 Å². The van der Waals surface area contributed by atoms with Gasteiger partial charge in [0.15, 0.2) is 0 Å². The Balaban J connectivity index is 2.23. The van der Waals surface area contributed by atoms with Gasteiger partial charge in [-0.1, -0.05) is 45.7 Å². The summed E-state index contributed by atoms with van der Waals surface area (Å²) >= 11 is 6.19. The smallest absolute Gasteiger partial charge is 0.267 e. The van der Waals surface area contributed by atoms with Gasteiger partial charge in [-0.25, -0.2) is 17.5 Å². The summed E-state index contributed by atoms with van der Waals surface area (Å²) in [7, 11) is -3.80. The predicted octanol–water partition coefficient (Wildman–Crippen LogP) is 4.40. The summed E-state index contributed by atoms with van der Waals surface area (Å²) in [6.07, 6.45) is 3.59. The molecule has 0 spiro atoms. The van der Waals surface area contributed by atoms with E-state index in [1.165, 1.54) is 0 Å². The Bertz CT molecular complexity index is 825. The molecule has 27 heavy (non-hydrogen) atoms. The van der Waals surface area contributed by atoms with E-state index in [4.69, 9.17) is 16.3 Å². The molecule has 0 saturated heterocycles. The number of ether oxygens (including phenoxy) is 1. The van der Waals surface area contributed by atoms with Gasteiger partial charge in [0.1, 0.15) is 17.7 Å². The molecular weight excluding hydrogens is 393 g/mol. The van der Waals surface area contributed by atoms with Gasteiger partial charge in [-0.05, 0) is 36.2 Å². The molecule has 1 amide bonds. The quantitative estimate of drug-likeness (QED) is 0.767. The fraction of sp³-hybridized carbons (Fsp3) is 0.632. The van der Waals surface area contributed by atoms with Crippen LogP contribution in [-0.2, 0) is 10.0 Å². The zero-order chi connectivity index (χ0) is 20.6. The van der Waals surface area contributed by atoms with E-state index in [0.717, 1.165) is 37.7 Å². The van der Waals surface area contributed by atoms with Crippen molar-refractivity contribution in [3.8, 4) is 5.75 Å². The first kappa shape index (κ1) is 22.0. The van der Waals surface area contributed by atoms with Gasteiger partial charge >= 0.3 is 0 Å². The fourth-order valence-corrected chi connectivity index (χ4v) is 4.68. The summed E-state index contributed by atoms with van der Waals surface area (Å²) in [5.74, 6) is -1.03. The molecule has 152 valence electrons. The third kappa shape index (κ3) is 5.35. The Morgan fingerprint density at radius 1 is 1.41 bits per heavy atom. The number of benzene rings is 1. The van der Waals surface area contributed by atoms with Crippen molar-refractivity contribution in [2.45, 2.75) is 53.1 Å². The maximum Gasteiger partial charge on any atom is 0.267 e. The van der Waals surface area contributed by atoms with Gasteiger partial charge in [0.25, 0.3) is 5.91 Å². The number of sulfonamides is 1. The molecule has 3 unspecified atom stereocenters. The minimum Gasteiger partial charge on any atom is -0.488 e. The fourth-order valence-electron chi connectivity index (χ4n) is 4.02. The van der Waals surface area contributed by atoms with Crippen LogP contribution in [0.25, 0.3) is 0 Å². The summed E-state index contributed by atoms with van der Waals surface area (Å²) in [5, 5.41) is 0.0696. The number of hydrogen-bond acceptors (Lipinski definition) is 4. The Kier molecular flexibility index (Phi) is 6.47. The summed E-state index contributed by atoms with van der Waals surface area (Å²) in [5.41, 5.74) is -0.224. The Labute approximate surface area is 165 Å². The van der Waals surface area contributed by atoms with Crippen LogP contribution in [0.2, 0.25) is 5.02 Å². The van der Waals surface area contributed by atoms with Gasteiger partial charge in [-0.2, -0.15) is 0 Å². The van der Waals surface area contributed by atoms with Crippen LogP contribution in [0.4, 0.5) is 4.39 Å². The monoisotopic (exact) mass is 419 g/mol. The molecule has 0 heterocycles. The van der Waals surface area contributed by atoms with Gasteiger partial charge in [-0.3, -0.25) is 4.79 Å². The van der Waals surface area contributed by atoms with Crippen LogP contribution in [0.15, 0.2) is 12.1 Å². The first-order chi connectivity index (χ1) is 12.3. The molecule has 8 heteroatoms. The van der Waals surface area contributed by atoms with E-state index < -0.39 is 27.3 Å². The molecule has 2 rings (SSSR count). The van der Waals surface area contributed by atoms with E-state index in [9.17, 15) is 17.6 Å². The number of halogens is 2. The van der Waals surface area contributed by atoms with Crippen molar-refractivity contribution in [3.05, 3.63) is 28.5 Å². The number of hydrogen-bond donors (Lipinski definition) is 1. The molecule has 1 fully saturated rings. The second-order valence-electron chi connectivity index (χ2n) is 8.13. The SMILES string of the molecule is CCC1CC(Oc2cc(F)c(C(=O)NS(C)(=O)=O)cc2Cl)C(C)CC1(C)C. The third-order valence-corrected chi connectivity index (χ3v) is 6.27. The molecule has 1 aliphatic rings. The maximum absolute atomic E-state index is 14.4. The van der Waals surface area contributed by atoms with Crippen molar-refractivity contribution in [2.24, 2.45) is 17.3 Å². The van der Waals surface area contributed by atoms with Gasteiger partial charge < -0.3 is 4.74 Å². The largest absolute Gasteiger partial charge is 0.488 e. The topological polar surface area (TPSA) is 72.5 Å². The zero-order valence-corrected chi connectivity index (χ0v) is 17.9. The average Bonchev–Trinajstić information content (AvgIpc) is 2.50. The van der Waals surface area contributed by atoms with Crippen LogP contribution in [0.5, 0.6) is 5.75 Å². The summed E-state index contributed by atoms with van der Waals surface area (Å²) in [6, 6.07) is 2.15. The van der Waals surface area contributed by atoms with E-state index in [1.54, 1.807) is 4.72 Å². The van der Waals surface area contributed by atoms with Gasteiger partial charge in [0.05, 0.1) is 16.8 Å². The standard InChI is InChI=1S/C19H27ClFNO4S/c1-6-12-7-16(11(2)10-19(12,3)4)26-17-9-15(21)13(8-14(17)20)18(23)22-27(5,24)25/h8-9,11-12,16H,6-7,10H2,1-5H3,(H,22,23). The second-order valence-corrected chi connectivity index (χ2v) is 10.3. The van der Waals surface area contributed by atoms with Crippen LogP contribution >= 0.6 is 11.6 Å². The Morgan fingerprint density at radius 2 is 2.04 bits per heavy atom. The summed E-state index contributed by atoms with van der Waals surface area (Å²) in [4.78, 5) is 11.9. The molecule has 0 bridgehead atoms. The van der Waals surface area contributed by atoms with Gasteiger partial charge in [-0.15, -0.1) is 0 Å². The highest BCUT2D eigenvalue weighted by Gasteiger charge is 2.40. The molecular formula is C19H27ClFNO4S. The minimum atomic E-state index is -3.80. The van der Waals surface area contributed by atoms with E-state index in [1.807, 2.05) is 0 Å². The number of rotatable bonds is 5. The lowest BCUT2D eigenvalue weighted by molar-refractivity contribution is -0.000789. The van der Waals surface area contributed by atoms with Crippen LogP contribution in [0, 0.1) is 23.1 Å². The first-order valence-corrected chi connectivity index (χ1v) is 11.3. The molecule has 0 aromatic heterocycles. The molecule has 1 aliphatic carbocycles. The van der Waals surface area contributed by atoms with Crippen molar-refractivity contribution in [1.29, 1.82) is 0 Å². The second kappa shape index (κ2) is 7.95. The summed E-state index contributed by atoms with van der Waals surface area (Å²) < 4.78 is 44.5. The predicted molar refractivity (Wildman–Crippen MR) is 104 cm³/mol. The highest BCUT2D eigenvalue weighted by molar-refractivity contribution is 7.89. The molecule has 1 aromatic rings. The number of carbonyl (C=O) groups is 1. The minimum absolute atomic E-state index is 0.0696. The highest BCUT2D eigenvalue weighted by Crippen LogP contribution is 2.46. The van der Waals surface area contributed by atoms with Crippen LogP contribution < -0.4 is 9.46 Å². The molecule has 0 radical (unpaired) electrons. The lowest BCUT2D eigenvalue weighted by Crippen LogP contribution is -2.41. The molecule has 3 atom stereocenters. The zero-order valence-electron chi connectivity index (χ0n) is 16.3. The molecule has 1 N–H and O–H groups in total. The normalized spacial score (nSPS) is 25.1. The van der Waals surface area contributed by atoms with Gasteiger partial charge in [0.2, 0.25) is 10.0 Å². The molecule has 1 aromatic carbocycles. The lowest BCUT2D eigenvalue weighted by atomic mass is 9.63. The van der Waals surface area contributed by atoms with Gasteiger partial charge in [0, 0.05) is 6.07 Å². The van der Waals surface area contributed by atoms with Crippen molar-refractivity contribution in [3.63, 3.8) is 0 Å². The van der Waals surface area contributed by atoms with Crippen molar-refractivity contribution in [1.82, 2.24) is 4.72 Å². The average molecular weight is 420 g/mol. The lowest BCUT2D eigenvalue weighted by Gasteiger charge is -2.45. The molecule has 1 saturated carbocycles. The van der Waals surface area contributed by atoms with E-state index in [0.29, 0.717) is 5.92 Å². The van der Waals surface area contributed by atoms with Crippen LogP contribution in [-0.4, -0.2) is 26.7 Å². The van der Waals surface area contributed by atoms with Crippen molar-refractivity contribution in [2.75, 3.05) is 6.26 Å². The Hall–Kier alpha value is -1.34. The molecule has 0 aliphatic heterocycles. The third-order valence-electron chi connectivity index (χ3n) is 5.42. The highest BCUT2D eigenvalue weighted by atomic mass is 35.5. The number of amides is 1. The van der Waals surface area contributed by atoms with E-state index >= 15 is 0 Å². The van der Waals surface area contributed by atoms with E-state index in [-0.39, 0.29) is 28.2 Å². The Morgan fingerprint density at radius 3 is 2.59 bits per heavy atom. The number of nitrogens with one attached hydrogen (secondary N) is 1. The van der Waals surface area contributed by atoms with Crippen molar-refractivity contribution >= 4 is 27.5 Å². The molecule has 5 nitrogen and oxygen atoms in total. The first-order valence-electron chi connectivity index (χ1n) is 9.02. The van der Waals surface area contributed by atoms with Crippen molar-refractivity contribution < 1.29 is 22.3 Å². The maximum atomic E-state index is 14.4. The summed E-state index contributed by atoms with van der Waals surface area (Å²) in [6.45, 7) is 8.78. The van der Waals surface area contributed by atoms with Crippen LogP contribution in [0.1, 0.15) is 57.3 Å². The van der Waals surface area contributed by atoms with Crippen LogP contribution in [0.3, 0.4) is 0 Å².